The van der Waals surface area contributed by atoms with E-state index in [2.05, 4.69) is 66.5 Å². The van der Waals surface area contributed by atoms with Crippen LogP contribution in [0.1, 0.15) is 33.3 Å². The lowest BCUT2D eigenvalue weighted by Crippen LogP contribution is -2.35. The van der Waals surface area contributed by atoms with Gasteiger partial charge in [-0.15, -0.1) is 0 Å². The molecule has 0 unspecified atom stereocenters. The molecule has 16 heavy (non-hydrogen) atoms. The van der Waals surface area contributed by atoms with Crippen molar-refractivity contribution in [2.24, 2.45) is 5.92 Å². The van der Waals surface area contributed by atoms with Gasteiger partial charge >= 0.3 is 0 Å². The molecule has 3 heteroatoms. The van der Waals surface area contributed by atoms with Crippen LogP contribution in [0.5, 0.6) is 0 Å². The van der Waals surface area contributed by atoms with Crippen molar-refractivity contribution in [3.8, 4) is 0 Å². The highest BCUT2D eigenvalue weighted by molar-refractivity contribution is 9.10. The number of nitrogens with zero attached hydrogens (tertiary/aromatic N) is 2. The van der Waals surface area contributed by atoms with Crippen LogP contribution in [-0.4, -0.2) is 17.6 Å². The van der Waals surface area contributed by atoms with Crippen molar-refractivity contribution in [1.82, 2.24) is 4.98 Å². The van der Waals surface area contributed by atoms with E-state index >= 15 is 0 Å². The molecule has 0 atom stereocenters. The largest absolute Gasteiger partial charge is 0.353 e. The van der Waals surface area contributed by atoms with Crippen LogP contribution in [0.25, 0.3) is 0 Å². The Morgan fingerprint density at radius 1 is 1.31 bits per heavy atom. The number of aryl methyl sites for hydroxylation is 1. The van der Waals surface area contributed by atoms with Gasteiger partial charge in [-0.3, -0.25) is 0 Å². The summed E-state index contributed by atoms with van der Waals surface area (Å²) in [6.07, 6.45) is 1.93. The molecule has 0 spiro atoms. The topological polar surface area (TPSA) is 16.1 Å². The second kappa shape index (κ2) is 5.67. The van der Waals surface area contributed by atoms with Gasteiger partial charge in [0.1, 0.15) is 5.82 Å². The molecule has 1 rings (SSSR count). The summed E-state index contributed by atoms with van der Waals surface area (Å²) in [4.78, 5) is 6.87. The number of hydrogen-bond acceptors (Lipinski definition) is 2. The third-order valence-electron chi connectivity index (χ3n) is 2.42. The molecule has 0 radical (unpaired) electrons. The van der Waals surface area contributed by atoms with E-state index in [1.54, 1.807) is 0 Å². The smallest absolute Gasteiger partial charge is 0.143 e. The second-order valence-corrected chi connectivity index (χ2v) is 5.81. The van der Waals surface area contributed by atoms with Crippen LogP contribution >= 0.6 is 15.9 Å². The molecule has 1 aromatic heterocycles. The SMILES string of the molecule is Cc1cnc(N(CC(C)C)C(C)C)c(Br)c1. The molecule has 0 aliphatic rings. The van der Waals surface area contributed by atoms with Gasteiger partial charge in [0, 0.05) is 18.8 Å². The van der Waals surface area contributed by atoms with Crippen LogP contribution in [0.3, 0.4) is 0 Å². The van der Waals surface area contributed by atoms with Gasteiger partial charge in [0.25, 0.3) is 0 Å². The van der Waals surface area contributed by atoms with Crippen LogP contribution in [0.4, 0.5) is 5.82 Å². The lowest BCUT2D eigenvalue weighted by atomic mass is 10.1. The Hall–Kier alpha value is -0.570. The molecule has 0 aromatic carbocycles. The lowest BCUT2D eigenvalue weighted by Gasteiger charge is -2.30. The molecule has 2 nitrogen and oxygen atoms in total. The maximum atomic E-state index is 4.53. The monoisotopic (exact) mass is 284 g/mol. The first kappa shape index (κ1) is 13.5. The number of aromatic nitrogens is 1. The quantitative estimate of drug-likeness (QED) is 0.830. The molecule has 1 heterocycles. The first-order chi connectivity index (χ1) is 7.41. The molecule has 0 aliphatic carbocycles. The molecule has 0 saturated carbocycles. The summed E-state index contributed by atoms with van der Waals surface area (Å²) in [6, 6.07) is 2.59. The average molecular weight is 285 g/mol. The van der Waals surface area contributed by atoms with Crippen molar-refractivity contribution in [2.45, 2.75) is 40.7 Å². The van der Waals surface area contributed by atoms with Gasteiger partial charge in [-0.1, -0.05) is 13.8 Å². The Labute approximate surface area is 107 Å². The highest BCUT2D eigenvalue weighted by atomic mass is 79.9. The molecule has 0 aliphatic heterocycles. The number of rotatable bonds is 4. The van der Waals surface area contributed by atoms with Gasteiger partial charge in [0.05, 0.1) is 4.47 Å². The third kappa shape index (κ3) is 3.48. The summed E-state index contributed by atoms with van der Waals surface area (Å²) in [5.74, 6) is 1.69. The number of hydrogen-bond donors (Lipinski definition) is 0. The Morgan fingerprint density at radius 3 is 2.38 bits per heavy atom. The Balaban J connectivity index is 3.01. The van der Waals surface area contributed by atoms with Crippen molar-refractivity contribution in [3.05, 3.63) is 22.3 Å². The molecule has 90 valence electrons. The van der Waals surface area contributed by atoms with Crippen molar-refractivity contribution in [1.29, 1.82) is 0 Å². The standard InChI is InChI=1S/C13H21BrN2/c1-9(2)8-16(10(3)4)13-12(14)6-11(5)7-15-13/h6-7,9-10H,8H2,1-5H3. The number of halogens is 1. The molecule has 0 saturated heterocycles. The van der Waals surface area contributed by atoms with Gasteiger partial charge in [-0.2, -0.15) is 0 Å². The Kier molecular flexibility index (Phi) is 4.78. The molecule has 0 N–H and O–H groups in total. The van der Waals surface area contributed by atoms with E-state index in [1.165, 1.54) is 5.56 Å². The minimum absolute atomic E-state index is 0.467. The summed E-state index contributed by atoms with van der Waals surface area (Å²) < 4.78 is 1.09. The average Bonchev–Trinajstić information content (AvgIpc) is 2.14. The summed E-state index contributed by atoms with van der Waals surface area (Å²) in [5.41, 5.74) is 1.18. The van der Waals surface area contributed by atoms with Crippen LogP contribution < -0.4 is 4.90 Å². The maximum Gasteiger partial charge on any atom is 0.143 e. The van der Waals surface area contributed by atoms with E-state index in [1.807, 2.05) is 6.20 Å². The van der Waals surface area contributed by atoms with Gasteiger partial charge in [0.15, 0.2) is 0 Å². The van der Waals surface area contributed by atoms with E-state index in [0.29, 0.717) is 12.0 Å². The van der Waals surface area contributed by atoms with Crippen LogP contribution in [-0.2, 0) is 0 Å². The molecular formula is C13H21BrN2. The van der Waals surface area contributed by atoms with Gasteiger partial charge in [-0.25, -0.2) is 4.98 Å². The molecule has 0 amide bonds. The lowest BCUT2D eigenvalue weighted by molar-refractivity contribution is 0.565. The van der Waals surface area contributed by atoms with Gasteiger partial charge in [-0.05, 0) is 54.2 Å². The fourth-order valence-corrected chi connectivity index (χ4v) is 2.36. The zero-order valence-electron chi connectivity index (χ0n) is 10.8. The normalized spacial score (nSPS) is 11.2. The minimum atomic E-state index is 0.467. The Bertz CT molecular complexity index is 348. The van der Waals surface area contributed by atoms with E-state index in [9.17, 15) is 0 Å². The summed E-state index contributed by atoms with van der Waals surface area (Å²) in [6.45, 7) is 12.0. The highest BCUT2D eigenvalue weighted by Crippen LogP contribution is 2.26. The van der Waals surface area contributed by atoms with Gasteiger partial charge in [0.2, 0.25) is 0 Å². The van der Waals surface area contributed by atoms with E-state index in [4.69, 9.17) is 0 Å². The van der Waals surface area contributed by atoms with E-state index in [0.717, 1.165) is 16.8 Å². The fourth-order valence-electron chi connectivity index (χ4n) is 1.67. The first-order valence-electron chi connectivity index (χ1n) is 5.80. The first-order valence-corrected chi connectivity index (χ1v) is 6.60. The third-order valence-corrected chi connectivity index (χ3v) is 3.00. The predicted octanol–water partition coefficient (Wildman–Crippen LogP) is 4.02. The van der Waals surface area contributed by atoms with Crippen LogP contribution in [0.2, 0.25) is 0 Å². The van der Waals surface area contributed by atoms with Crippen molar-refractivity contribution in [3.63, 3.8) is 0 Å². The predicted molar refractivity (Wildman–Crippen MR) is 74.0 cm³/mol. The highest BCUT2D eigenvalue weighted by Gasteiger charge is 2.16. The minimum Gasteiger partial charge on any atom is -0.353 e. The summed E-state index contributed by atoms with van der Waals surface area (Å²) in [7, 11) is 0. The number of pyridine rings is 1. The maximum absolute atomic E-state index is 4.53. The van der Waals surface area contributed by atoms with Crippen LogP contribution in [0.15, 0.2) is 16.7 Å². The van der Waals surface area contributed by atoms with E-state index < -0.39 is 0 Å². The number of anilines is 1. The molecule has 1 aromatic rings. The molecular weight excluding hydrogens is 264 g/mol. The summed E-state index contributed by atoms with van der Waals surface area (Å²) in [5, 5.41) is 0. The molecule has 0 bridgehead atoms. The fraction of sp³-hybridized carbons (Fsp3) is 0.615. The zero-order valence-corrected chi connectivity index (χ0v) is 12.4. The van der Waals surface area contributed by atoms with E-state index in [-0.39, 0.29) is 0 Å². The Morgan fingerprint density at radius 2 is 1.94 bits per heavy atom. The van der Waals surface area contributed by atoms with Crippen molar-refractivity contribution in [2.75, 3.05) is 11.4 Å². The van der Waals surface area contributed by atoms with Crippen molar-refractivity contribution < 1.29 is 0 Å². The second-order valence-electron chi connectivity index (χ2n) is 4.96. The van der Waals surface area contributed by atoms with Gasteiger partial charge < -0.3 is 4.90 Å². The zero-order chi connectivity index (χ0) is 12.3. The van der Waals surface area contributed by atoms with Crippen LogP contribution in [0, 0.1) is 12.8 Å². The molecule has 0 fully saturated rings. The van der Waals surface area contributed by atoms with Crippen molar-refractivity contribution >= 4 is 21.7 Å². The summed E-state index contributed by atoms with van der Waals surface area (Å²) >= 11 is 3.60.